The Labute approximate surface area is 249 Å². The molecule has 2 atom stereocenters. The normalized spacial score (nSPS) is 14.7. The van der Waals surface area contributed by atoms with E-state index in [0.717, 1.165) is 11.1 Å². The van der Waals surface area contributed by atoms with Crippen molar-refractivity contribution in [1.29, 1.82) is 5.26 Å². The third kappa shape index (κ3) is 6.79. The molecule has 7 nitrogen and oxygen atoms in total. The van der Waals surface area contributed by atoms with Crippen molar-refractivity contribution in [3.8, 4) is 29.1 Å². The number of hydrogen-bond acceptors (Lipinski definition) is 7. The zero-order chi connectivity index (χ0) is 30.5. The number of esters is 1. The molecule has 0 saturated carbocycles. The fraction of sp³-hybridized carbons (Fsp3) is 0.200. The summed E-state index contributed by atoms with van der Waals surface area (Å²) in [6, 6.07) is 28.1. The van der Waals surface area contributed by atoms with Crippen molar-refractivity contribution in [2.75, 3.05) is 0 Å². The second-order valence-electron chi connectivity index (χ2n) is 10.5. The molecule has 0 radical (unpaired) electrons. The zero-order valence-electron chi connectivity index (χ0n) is 24.0. The lowest BCUT2D eigenvalue weighted by Gasteiger charge is -2.27. The van der Waals surface area contributed by atoms with Crippen molar-refractivity contribution < 1.29 is 28.1 Å². The molecule has 4 aromatic rings. The van der Waals surface area contributed by atoms with Gasteiger partial charge in [0.05, 0.1) is 5.92 Å². The molecule has 43 heavy (non-hydrogen) atoms. The fourth-order valence-electron chi connectivity index (χ4n) is 4.76. The highest BCUT2D eigenvalue weighted by Crippen LogP contribution is 2.44. The largest absolute Gasteiger partial charge is 0.489 e. The van der Waals surface area contributed by atoms with E-state index in [2.05, 4.69) is 19.9 Å². The first-order chi connectivity index (χ1) is 20.7. The Hall–Kier alpha value is -5.29. The second kappa shape index (κ2) is 12.7. The Balaban J connectivity index is 1.32. The summed E-state index contributed by atoms with van der Waals surface area (Å²) in [6.07, 6.45) is -0.859. The van der Waals surface area contributed by atoms with Gasteiger partial charge < -0.3 is 24.7 Å². The second-order valence-corrected chi connectivity index (χ2v) is 10.5. The van der Waals surface area contributed by atoms with Crippen LogP contribution in [0.2, 0.25) is 0 Å². The number of nitriles is 1. The van der Waals surface area contributed by atoms with Crippen LogP contribution in [0.3, 0.4) is 0 Å². The van der Waals surface area contributed by atoms with Gasteiger partial charge in [-0.15, -0.1) is 0 Å². The summed E-state index contributed by atoms with van der Waals surface area (Å²) in [7, 11) is 0. The summed E-state index contributed by atoms with van der Waals surface area (Å²) in [5.41, 5.74) is 9.85. The molecule has 1 heterocycles. The van der Waals surface area contributed by atoms with E-state index in [1.165, 1.54) is 17.7 Å². The SMILES string of the molecule is CC(Oc1ccc(C(C)C)cc1)C(=O)Oc1ccc2c(c1)OC(N)=C(C#N)C2c1cccc(OCc2ccc(F)cc2)c1. The van der Waals surface area contributed by atoms with Crippen LogP contribution < -0.4 is 24.7 Å². The topological polar surface area (TPSA) is 104 Å². The highest BCUT2D eigenvalue weighted by Gasteiger charge is 2.31. The lowest BCUT2D eigenvalue weighted by molar-refractivity contribution is -0.141. The van der Waals surface area contributed by atoms with E-state index >= 15 is 0 Å². The van der Waals surface area contributed by atoms with Gasteiger partial charge in [0.1, 0.15) is 47.1 Å². The number of fused-ring (bicyclic) bond motifs is 1. The molecule has 1 aliphatic rings. The Morgan fingerprint density at radius 1 is 0.953 bits per heavy atom. The van der Waals surface area contributed by atoms with Crippen molar-refractivity contribution in [2.24, 2.45) is 5.73 Å². The average Bonchev–Trinajstić information content (AvgIpc) is 3.00. The number of nitrogens with zero attached hydrogens (tertiary/aromatic N) is 1. The van der Waals surface area contributed by atoms with Crippen molar-refractivity contribution in [3.63, 3.8) is 0 Å². The van der Waals surface area contributed by atoms with Gasteiger partial charge in [-0.25, -0.2) is 9.18 Å². The monoisotopic (exact) mass is 578 g/mol. The van der Waals surface area contributed by atoms with Crippen LogP contribution in [-0.2, 0) is 11.4 Å². The number of nitrogens with two attached hydrogens (primary N) is 1. The van der Waals surface area contributed by atoms with Crippen LogP contribution in [0.15, 0.2) is 102 Å². The van der Waals surface area contributed by atoms with Gasteiger partial charge in [-0.05, 0) is 72.0 Å². The summed E-state index contributed by atoms with van der Waals surface area (Å²) in [4.78, 5) is 12.8. The Bertz CT molecular complexity index is 1690. The average molecular weight is 579 g/mol. The quantitative estimate of drug-likeness (QED) is 0.167. The molecule has 0 aromatic heterocycles. The lowest BCUT2D eigenvalue weighted by atomic mass is 9.83. The van der Waals surface area contributed by atoms with Crippen LogP contribution in [0.25, 0.3) is 0 Å². The number of benzene rings is 4. The number of carbonyl (C=O) groups is 1. The third-order valence-electron chi connectivity index (χ3n) is 7.11. The van der Waals surface area contributed by atoms with E-state index in [1.807, 2.05) is 42.5 Å². The molecule has 0 fully saturated rings. The molecule has 5 rings (SSSR count). The van der Waals surface area contributed by atoms with Crippen LogP contribution in [0.5, 0.6) is 23.0 Å². The Kier molecular flexibility index (Phi) is 8.63. The Morgan fingerprint density at radius 2 is 1.67 bits per heavy atom. The molecule has 1 aliphatic heterocycles. The first-order valence-corrected chi connectivity index (χ1v) is 13.9. The lowest BCUT2D eigenvalue weighted by Crippen LogP contribution is -2.28. The van der Waals surface area contributed by atoms with Crippen LogP contribution in [0, 0.1) is 17.1 Å². The Morgan fingerprint density at radius 3 is 2.37 bits per heavy atom. The van der Waals surface area contributed by atoms with Crippen molar-refractivity contribution in [3.05, 3.63) is 131 Å². The van der Waals surface area contributed by atoms with Gasteiger partial charge >= 0.3 is 5.97 Å². The van der Waals surface area contributed by atoms with Crippen LogP contribution in [-0.4, -0.2) is 12.1 Å². The third-order valence-corrected chi connectivity index (χ3v) is 7.11. The molecule has 0 amide bonds. The molecule has 0 saturated heterocycles. The maximum absolute atomic E-state index is 13.2. The van der Waals surface area contributed by atoms with E-state index < -0.39 is 18.0 Å². The highest BCUT2D eigenvalue weighted by molar-refractivity contribution is 5.77. The van der Waals surface area contributed by atoms with Gasteiger partial charge in [0.2, 0.25) is 5.88 Å². The molecule has 218 valence electrons. The zero-order valence-corrected chi connectivity index (χ0v) is 24.0. The minimum absolute atomic E-state index is 0.0392. The predicted molar refractivity (Wildman–Crippen MR) is 159 cm³/mol. The number of halogens is 1. The molecule has 0 bridgehead atoms. The molecular formula is C35H31FN2O5. The van der Waals surface area contributed by atoms with Gasteiger partial charge in [-0.3, -0.25) is 0 Å². The number of rotatable bonds is 9. The molecular weight excluding hydrogens is 547 g/mol. The van der Waals surface area contributed by atoms with Crippen molar-refractivity contribution >= 4 is 5.97 Å². The van der Waals surface area contributed by atoms with E-state index in [1.54, 1.807) is 43.3 Å². The summed E-state index contributed by atoms with van der Waals surface area (Å²) in [5, 5.41) is 9.95. The number of ether oxygens (including phenoxy) is 4. The molecule has 0 aliphatic carbocycles. The first-order valence-electron chi connectivity index (χ1n) is 13.9. The maximum atomic E-state index is 13.2. The van der Waals surface area contributed by atoms with E-state index in [9.17, 15) is 14.4 Å². The minimum atomic E-state index is -0.859. The molecule has 8 heteroatoms. The molecule has 4 aromatic carbocycles. The van der Waals surface area contributed by atoms with E-state index in [4.69, 9.17) is 24.7 Å². The van der Waals surface area contributed by atoms with Crippen molar-refractivity contribution in [1.82, 2.24) is 0 Å². The van der Waals surface area contributed by atoms with Crippen molar-refractivity contribution in [2.45, 2.75) is 45.3 Å². The van der Waals surface area contributed by atoms with Crippen LogP contribution >= 0.6 is 0 Å². The van der Waals surface area contributed by atoms with Gasteiger partial charge in [0.15, 0.2) is 6.10 Å². The summed E-state index contributed by atoms with van der Waals surface area (Å²) < 4.78 is 36.4. The molecule has 2 unspecified atom stereocenters. The van der Waals surface area contributed by atoms with Crippen LogP contribution in [0.1, 0.15) is 54.9 Å². The standard InChI is InChI=1S/C35H31FN2O5/c1-21(2)24-9-13-27(14-10-24)41-22(3)35(39)42-29-15-16-30-32(18-29)43-34(38)31(19-37)33(30)25-5-4-6-28(17-25)40-20-23-7-11-26(36)12-8-23/h4-18,21-22,33H,20,38H2,1-3H3. The van der Waals surface area contributed by atoms with E-state index in [0.29, 0.717) is 28.7 Å². The van der Waals surface area contributed by atoms with Gasteiger partial charge in [-0.2, -0.15) is 5.26 Å². The highest BCUT2D eigenvalue weighted by atomic mass is 19.1. The smallest absolute Gasteiger partial charge is 0.352 e. The maximum Gasteiger partial charge on any atom is 0.352 e. The summed E-state index contributed by atoms with van der Waals surface area (Å²) >= 11 is 0. The fourth-order valence-corrected chi connectivity index (χ4v) is 4.76. The van der Waals surface area contributed by atoms with Crippen LogP contribution in [0.4, 0.5) is 4.39 Å². The van der Waals surface area contributed by atoms with Gasteiger partial charge in [-0.1, -0.05) is 56.3 Å². The van der Waals surface area contributed by atoms with Gasteiger partial charge in [0, 0.05) is 11.6 Å². The van der Waals surface area contributed by atoms with E-state index in [-0.39, 0.29) is 29.6 Å². The number of hydrogen-bond donors (Lipinski definition) is 1. The summed E-state index contributed by atoms with van der Waals surface area (Å²) in [5.74, 6) is 0.672. The summed E-state index contributed by atoms with van der Waals surface area (Å²) in [6.45, 7) is 6.08. The number of allylic oxidation sites excluding steroid dienone is 1. The molecule has 0 spiro atoms. The van der Waals surface area contributed by atoms with Gasteiger partial charge in [0.25, 0.3) is 0 Å². The first kappa shape index (κ1) is 29.2. The predicted octanol–water partition coefficient (Wildman–Crippen LogP) is 7.12. The minimum Gasteiger partial charge on any atom is -0.489 e. The molecule has 2 N–H and O–H groups in total. The number of carbonyl (C=O) groups excluding carboxylic acids is 1.